The zero-order valence-electron chi connectivity index (χ0n) is 8.95. The SMILES string of the molecule is O=C(O)c1cc(F)c(F)cc1N1CCOCC1. The monoisotopic (exact) mass is 243 g/mol. The summed E-state index contributed by atoms with van der Waals surface area (Å²) in [6.07, 6.45) is 0. The van der Waals surface area contributed by atoms with Gasteiger partial charge in [0.1, 0.15) is 0 Å². The third-order valence-electron chi connectivity index (χ3n) is 2.62. The summed E-state index contributed by atoms with van der Waals surface area (Å²) in [6.45, 7) is 1.81. The zero-order valence-corrected chi connectivity index (χ0v) is 8.95. The number of halogens is 2. The molecule has 0 aromatic heterocycles. The summed E-state index contributed by atoms with van der Waals surface area (Å²) >= 11 is 0. The highest BCUT2D eigenvalue weighted by Crippen LogP contribution is 2.24. The summed E-state index contributed by atoms with van der Waals surface area (Å²) < 4.78 is 31.3. The van der Waals surface area contributed by atoms with Gasteiger partial charge in [-0.25, -0.2) is 13.6 Å². The number of aromatic carboxylic acids is 1. The Morgan fingerprint density at radius 2 is 1.82 bits per heavy atom. The molecule has 2 rings (SSSR count). The minimum Gasteiger partial charge on any atom is -0.478 e. The lowest BCUT2D eigenvalue weighted by Crippen LogP contribution is -2.37. The van der Waals surface area contributed by atoms with Crippen molar-refractivity contribution in [3.63, 3.8) is 0 Å². The fourth-order valence-corrected chi connectivity index (χ4v) is 1.77. The lowest BCUT2D eigenvalue weighted by atomic mass is 10.1. The van der Waals surface area contributed by atoms with Crippen molar-refractivity contribution in [2.24, 2.45) is 0 Å². The molecular formula is C11H11F2NO3. The first-order valence-electron chi connectivity index (χ1n) is 5.14. The van der Waals surface area contributed by atoms with Crippen molar-refractivity contribution >= 4 is 11.7 Å². The number of hydrogen-bond acceptors (Lipinski definition) is 3. The van der Waals surface area contributed by atoms with Crippen molar-refractivity contribution in [3.8, 4) is 0 Å². The van der Waals surface area contributed by atoms with Crippen molar-refractivity contribution in [2.45, 2.75) is 0 Å². The van der Waals surface area contributed by atoms with Gasteiger partial charge in [-0.3, -0.25) is 0 Å². The molecule has 0 bridgehead atoms. The smallest absolute Gasteiger partial charge is 0.337 e. The van der Waals surface area contributed by atoms with Gasteiger partial charge in [0.2, 0.25) is 0 Å². The second-order valence-corrected chi connectivity index (χ2v) is 3.69. The molecule has 0 spiro atoms. The minimum atomic E-state index is -1.27. The van der Waals surface area contributed by atoms with Crippen LogP contribution in [0.5, 0.6) is 0 Å². The first-order chi connectivity index (χ1) is 8.09. The van der Waals surface area contributed by atoms with Gasteiger partial charge in [0.25, 0.3) is 0 Å². The molecule has 4 nitrogen and oxygen atoms in total. The van der Waals surface area contributed by atoms with Crippen LogP contribution in [0.1, 0.15) is 10.4 Å². The van der Waals surface area contributed by atoms with E-state index in [9.17, 15) is 13.6 Å². The van der Waals surface area contributed by atoms with Crippen LogP contribution in [-0.2, 0) is 4.74 Å². The van der Waals surface area contributed by atoms with E-state index >= 15 is 0 Å². The molecule has 1 aromatic carbocycles. The number of anilines is 1. The van der Waals surface area contributed by atoms with Crippen molar-refractivity contribution in [1.82, 2.24) is 0 Å². The van der Waals surface area contributed by atoms with E-state index in [4.69, 9.17) is 9.84 Å². The van der Waals surface area contributed by atoms with E-state index in [-0.39, 0.29) is 11.3 Å². The number of ether oxygens (including phenoxy) is 1. The standard InChI is InChI=1S/C11H11F2NO3/c12-8-5-7(11(15)16)10(6-9(8)13)14-1-3-17-4-2-14/h5-6H,1-4H2,(H,15,16). The Bertz CT molecular complexity index is 445. The van der Waals surface area contributed by atoms with Gasteiger partial charge >= 0.3 is 5.97 Å². The average molecular weight is 243 g/mol. The van der Waals surface area contributed by atoms with Crippen LogP contribution in [0, 0.1) is 11.6 Å². The number of carbonyl (C=O) groups is 1. The Morgan fingerprint density at radius 1 is 1.24 bits per heavy atom. The zero-order chi connectivity index (χ0) is 12.4. The van der Waals surface area contributed by atoms with Crippen LogP contribution in [-0.4, -0.2) is 37.4 Å². The number of carboxylic acid groups (broad SMARTS) is 1. The summed E-state index contributed by atoms with van der Waals surface area (Å²) in [6, 6.07) is 1.63. The fourth-order valence-electron chi connectivity index (χ4n) is 1.77. The highest BCUT2D eigenvalue weighted by molar-refractivity contribution is 5.94. The molecule has 0 saturated carbocycles. The van der Waals surface area contributed by atoms with Gasteiger partial charge in [-0.05, 0) is 6.07 Å². The Labute approximate surface area is 96.4 Å². The van der Waals surface area contributed by atoms with Crippen molar-refractivity contribution < 1.29 is 23.4 Å². The van der Waals surface area contributed by atoms with Gasteiger partial charge in [-0.2, -0.15) is 0 Å². The van der Waals surface area contributed by atoms with Crippen LogP contribution < -0.4 is 4.90 Å². The third kappa shape index (κ3) is 2.36. The number of rotatable bonds is 2. The summed E-state index contributed by atoms with van der Waals surface area (Å²) in [7, 11) is 0. The molecule has 0 atom stereocenters. The predicted octanol–water partition coefficient (Wildman–Crippen LogP) is 1.50. The molecule has 1 aliphatic rings. The Balaban J connectivity index is 2.42. The molecule has 0 radical (unpaired) electrons. The highest BCUT2D eigenvalue weighted by Gasteiger charge is 2.21. The van der Waals surface area contributed by atoms with Gasteiger partial charge in [0, 0.05) is 19.2 Å². The van der Waals surface area contributed by atoms with Crippen LogP contribution in [0.4, 0.5) is 14.5 Å². The van der Waals surface area contributed by atoms with E-state index in [0.29, 0.717) is 32.4 Å². The molecule has 1 heterocycles. The van der Waals surface area contributed by atoms with E-state index in [2.05, 4.69) is 0 Å². The molecule has 1 fully saturated rings. The lowest BCUT2D eigenvalue weighted by Gasteiger charge is -2.29. The molecule has 0 aliphatic carbocycles. The first kappa shape index (κ1) is 11.8. The average Bonchev–Trinajstić information content (AvgIpc) is 2.33. The van der Waals surface area contributed by atoms with Crippen LogP contribution in [0.15, 0.2) is 12.1 Å². The van der Waals surface area contributed by atoms with Crippen molar-refractivity contribution in [2.75, 3.05) is 31.2 Å². The number of morpholine rings is 1. The summed E-state index contributed by atoms with van der Waals surface area (Å²) in [4.78, 5) is 12.7. The summed E-state index contributed by atoms with van der Waals surface area (Å²) in [5, 5.41) is 8.96. The van der Waals surface area contributed by atoms with Gasteiger partial charge in [0.05, 0.1) is 24.5 Å². The first-order valence-corrected chi connectivity index (χ1v) is 5.14. The Hall–Kier alpha value is -1.69. The van der Waals surface area contributed by atoms with E-state index in [0.717, 1.165) is 6.07 Å². The van der Waals surface area contributed by atoms with Gasteiger partial charge in [-0.1, -0.05) is 0 Å². The summed E-state index contributed by atoms with van der Waals surface area (Å²) in [5.74, 6) is -3.47. The molecule has 0 amide bonds. The molecule has 1 aromatic rings. The van der Waals surface area contributed by atoms with E-state index in [1.165, 1.54) is 0 Å². The Morgan fingerprint density at radius 3 is 2.41 bits per heavy atom. The minimum absolute atomic E-state index is 0.194. The molecule has 92 valence electrons. The molecule has 1 aliphatic heterocycles. The maximum atomic E-state index is 13.2. The van der Waals surface area contributed by atoms with Crippen molar-refractivity contribution in [1.29, 1.82) is 0 Å². The van der Waals surface area contributed by atoms with Crippen LogP contribution in [0.3, 0.4) is 0 Å². The van der Waals surface area contributed by atoms with E-state index < -0.39 is 17.6 Å². The van der Waals surface area contributed by atoms with Crippen LogP contribution in [0.2, 0.25) is 0 Å². The second-order valence-electron chi connectivity index (χ2n) is 3.69. The van der Waals surface area contributed by atoms with Gasteiger partial charge in [-0.15, -0.1) is 0 Å². The second kappa shape index (κ2) is 4.67. The fraction of sp³-hybridized carbons (Fsp3) is 0.364. The third-order valence-corrected chi connectivity index (χ3v) is 2.62. The van der Waals surface area contributed by atoms with E-state index in [1.54, 1.807) is 4.90 Å². The molecule has 6 heteroatoms. The number of hydrogen-bond donors (Lipinski definition) is 1. The largest absolute Gasteiger partial charge is 0.478 e. The normalized spacial score (nSPS) is 16.0. The molecule has 1 saturated heterocycles. The molecule has 1 N–H and O–H groups in total. The highest BCUT2D eigenvalue weighted by atomic mass is 19.2. The van der Waals surface area contributed by atoms with Gasteiger partial charge in [0.15, 0.2) is 11.6 Å². The Kier molecular flexibility index (Phi) is 3.23. The molecule has 17 heavy (non-hydrogen) atoms. The predicted molar refractivity (Wildman–Crippen MR) is 56.3 cm³/mol. The van der Waals surface area contributed by atoms with Crippen molar-refractivity contribution in [3.05, 3.63) is 29.3 Å². The number of benzene rings is 1. The lowest BCUT2D eigenvalue weighted by molar-refractivity contribution is 0.0695. The summed E-state index contributed by atoms with van der Waals surface area (Å²) in [5.41, 5.74) is -0.0366. The van der Waals surface area contributed by atoms with Gasteiger partial charge < -0.3 is 14.7 Å². The maximum Gasteiger partial charge on any atom is 0.337 e. The quantitative estimate of drug-likeness (QED) is 0.855. The number of carboxylic acids is 1. The molecular weight excluding hydrogens is 232 g/mol. The molecule has 0 unspecified atom stereocenters. The van der Waals surface area contributed by atoms with E-state index in [1.807, 2.05) is 0 Å². The number of nitrogens with zero attached hydrogens (tertiary/aromatic N) is 1. The van der Waals surface area contributed by atoms with Crippen LogP contribution in [0.25, 0.3) is 0 Å². The van der Waals surface area contributed by atoms with Crippen LogP contribution >= 0.6 is 0 Å². The topological polar surface area (TPSA) is 49.8 Å². The maximum absolute atomic E-state index is 13.2.